The summed E-state index contributed by atoms with van der Waals surface area (Å²) in [7, 11) is 0. The van der Waals surface area contributed by atoms with E-state index in [4.69, 9.17) is 9.26 Å². The standard InChI is InChI=1S/C21H20F3N5O2/c1-11(2)29-17-7-5-14(10-16(17)26-28-29)20-25-19(27-31-20)13-6-8-18(30-12(3)4)15(9-13)21(22,23)24/h5-12H,1-4H3. The molecule has 0 bridgehead atoms. The molecule has 0 unspecified atom stereocenters. The summed E-state index contributed by atoms with van der Waals surface area (Å²) in [6.45, 7) is 7.32. The maximum absolute atomic E-state index is 13.5. The number of rotatable bonds is 5. The zero-order valence-corrected chi connectivity index (χ0v) is 17.3. The normalized spacial score (nSPS) is 12.3. The summed E-state index contributed by atoms with van der Waals surface area (Å²) in [6.07, 6.45) is -4.98. The van der Waals surface area contributed by atoms with Crippen LogP contribution in [0.3, 0.4) is 0 Å². The van der Waals surface area contributed by atoms with E-state index in [1.54, 1.807) is 30.7 Å². The van der Waals surface area contributed by atoms with Crippen molar-refractivity contribution >= 4 is 11.0 Å². The lowest BCUT2D eigenvalue weighted by Gasteiger charge is -2.16. The molecule has 0 amide bonds. The van der Waals surface area contributed by atoms with Crippen molar-refractivity contribution in [2.24, 2.45) is 0 Å². The molecule has 162 valence electrons. The van der Waals surface area contributed by atoms with Crippen LogP contribution in [0.25, 0.3) is 33.9 Å². The van der Waals surface area contributed by atoms with Crippen LogP contribution in [0, 0.1) is 0 Å². The molecule has 2 aromatic carbocycles. The molecule has 4 rings (SSSR count). The molecular weight excluding hydrogens is 411 g/mol. The van der Waals surface area contributed by atoms with E-state index in [-0.39, 0.29) is 29.1 Å². The molecule has 0 saturated carbocycles. The molecule has 7 nitrogen and oxygen atoms in total. The van der Waals surface area contributed by atoms with Gasteiger partial charge in [-0.25, -0.2) is 4.68 Å². The number of hydrogen-bond acceptors (Lipinski definition) is 6. The van der Waals surface area contributed by atoms with Crippen molar-refractivity contribution in [1.82, 2.24) is 25.1 Å². The number of alkyl halides is 3. The Hall–Kier alpha value is -3.43. The highest BCUT2D eigenvalue weighted by molar-refractivity contribution is 5.80. The van der Waals surface area contributed by atoms with Crippen LogP contribution in [0.4, 0.5) is 13.2 Å². The summed E-state index contributed by atoms with van der Waals surface area (Å²) in [5.41, 5.74) is 1.38. The van der Waals surface area contributed by atoms with Gasteiger partial charge < -0.3 is 9.26 Å². The predicted octanol–water partition coefficient (Wildman–Crippen LogP) is 5.54. The first-order valence-corrected chi connectivity index (χ1v) is 9.71. The topological polar surface area (TPSA) is 78.9 Å². The minimum Gasteiger partial charge on any atom is -0.490 e. The van der Waals surface area contributed by atoms with Crippen LogP contribution >= 0.6 is 0 Å². The fraction of sp³-hybridized carbons (Fsp3) is 0.333. The van der Waals surface area contributed by atoms with E-state index in [1.165, 1.54) is 12.1 Å². The molecule has 0 aliphatic heterocycles. The minimum atomic E-state index is -4.58. The van der Waals surface area contributed by atoms with Gasteiger partial charge in [-0.1, -0.05) is 10.4 Å². The molecule has 31 heavy (non-hydrogen) atoms. The van der Waals surface area contributed by atoms with Crippen LogP contribution in [0.1, 0.15) is 39.3 Å². The second-order valence-electron chi connectivity index (χ2n) is 7.63. The fourth-order valence-electron chi connectivity index (χ4n) is 3.16. The van der Waals surface area contributed by atoms with Crippen molar-refractivity contribution in [2.45, 2.75) is 46.0 Å². The van der Waals surface area contributed by atoms with E-state index >= 15 is 0 Å². The van der Waals surface area contributed by atoms with Gasteiger partial charge in [-0.15, -0.1) is 5.10 Å². The van der Waals surface area contributed by atoms with Gasteiger partial charge in [-0.3, -0.25) is 0 Å². The summed E-state index contributed by atoms with van der Waals surface area (Å²) in [6, 6.07) is 9.22. The molecule has 0 aliphatic rings. The Morgan fingerprint density at radius 1 is 1.00 bits per heavy atom. The molecule has 0 spiro atoms. The van der Waals surface area contributed by atoms with Gasteiger partial charge in [-0.05, 0) is 64.1 Å². The molecule has 4 aromatic rings. The van der Waals surface area contributed by atoms with Crippen molar-refractivity contribution in [3.8, 4) is 28.6 Å². The van der Waals surface area contributed by atoms with Gasteiger partial charge in [-0.2, -0.15) is 18.2 Å². The molecule has 0 radical (unpaired) electrons. The van der Waals surface area contributed by atoms with Crippen LogP contribution in [-0.4, -0.2) is 31.2 Å². The Morgan fingerprint density at radius 2 is 1.74 bits per heavy atom. The lowest BCUT2D eigenvalue weighted by molar-refractivity contribution is -0.139. The lowest BCUT2D eigenvalue weighted by atomic mass is 10.1. The maximum Gasteiger partial charge on any atom is 0.419 e. The summed E-state index contributed by atoms with van der Waals surface area (Å²) >= 11 is 0. The second-order valence-corrected chi connectivity index (χ2v) is 7.63. The molecule has 0 N–H and O–H groups in total. The molecule has 2 aromatic heterocycles. The highest BCUT2D eigenvalue weighted by Gasteiger charge is 2.35. The third kappa shape index (κ3) is 4.10. The number of fused-ring (bicyclic) bond motifs is 1. The zero-order chi connectivity index (χ0) is 22.3. The van der Waals surface area contributed by atoms with Crippen molar-refractivity contribution in [3.05, 3.63) is 42.0 Å². The first kappa shape index (κ1) is 20.8. The van der Waals surface area contributed by atoms with Crippen LogP contribution in [0.2, 0.25) is 0 Å². The smallest absolute Gasteiger partial charge is 0.419 e. The average molecular weight is 431 g/mol. The highest BCUT2D eigenvalue weighted by atomic mass is 19.4. The molecule has 0 aliphatic carbocycles. The Balaban J connectivity index is 1.69. The van der Waals surface area contributed by atoms with E-state index in [0.29, 0.717) is 11.1 Å². The quantitative estimate of drug-likeness (QED) is 0.413. The molecule has 0 fully saturated rings. The largest absolute Gasteiger partial charge is 0.490 e. The minimum absolute atomic E-state index is 0.0440. The Morgan fingerprint density at radius 3 is 2.42 bits per heavy atom. The van der Waals surface area contributed by atoms with E-state index in [9.17, 15) is 13.2 Å². The predicted molar refractivity (Wildman–Crippen MR) is 107 cm³/mol. The van der Waals surface area contributed by atoms with Gasteiger partial charge in [0.05, 0.1) is 17.2 Å². The average Bonchev–Trinajstić information content (AvgIpc) is 3.34. The molecule has 2 heterocycles. The number of hydrogen-bond donors (Lipinski definition) is 0. The molecule has 0 saturated heterocycles. The van der Waals surface area contributed by atoms with Crippen LogP contribution < -0.4 is 4.74 Å². The number of aromatic nitrogens is 5. The van der Waals surface area contributed by atoms with Crippen LogP contribution in [-0.2, 0) is 6.18 Å². The van der Waals surface area contributed by atoms with Crippen molar-refractivity contribution in [3.63, 3.8) is 0 Å². The van der Waals surface area contributed by atoms with Crippen molar-refractivity contribution < 1.29 is 22.4 Å². The van der Waals surface area contributed by atoms with Crippen LogP contribution in [0.5, 0.6) is 5.75 Å². The van der Waals surface area contributed by atoms with Gasteiger partial charge in [0.15, 0.2) is 0 Å². The van der Waals surface area contributed by atoms with E-state index < -0.39 is 17.8 Å². The van der Waals surface area contributed by atoms with Gasteiger partial charge >= 0.3 is 6.18 Å². The fourth-order valence-corrected chi connectivity index (χ4v) is 3.16. The van der Waals surface area contributed by atoms with Crippen molar-refractivity contribution in [2.75, 3.05) is 0 Å². The second kappa shape index (κ2) is 7.68. The van der Waals surface area contributed by atoms with Crippen LogP contribution in [0.15, 0.2) is 40.9 Å². The Bertz CT molecular complexity index is 1230. The lowest BCUT2D eigenvalue weighted by Crippen LogP contribution is -2.13. The first-order valence-electron chi connectivity index (χ1n) is 9.71. The highest BCUT2D eigenvalue weighted by Crippen LogP contribution is 2.39. The summed E-state index contributed by atoms with van der Waals surface area (Å²) in [4.78, 5) is 4.27. The SMILES string of the molecule is CC(C)Oc1ccc(-c2noc(-c3ccc4c(c3)nnn4C(C)C)n2)cc1C(F)(F)F. The number of ether oxygens (including phenoxy) is 1. The van der Waals surface area contributed by atoms with Gasteiger partial charge in [0.2, 0.25) is 5.82 Å². The Labute approximate surface area is 175 Å². The monoisotopic (exact) mass is 431 g/mol. The molecule has 0 atom stereocenters. The van der Waals surface area contributed by atoms with Crippen molar-refractivity contribution in [1.29, 1.82) is 0 Å². The molecule has 10 heteroatoms. The third-order valence-electron chi connectivity index (χ3n) is 4.54. The summed E-state index contributed by atoms with van der Waals surface area (Å²) in [5.74, 6) is -0.0248. The first-order chi connectivity index (χ1) is 14.6. The van der Waals surface area contributed by atoms with E-state index in [0.717, 1.165) is 11.6 Å². The Kier molecular flexibility index (Phi) is 5.16. The third-order valence-corrected chi connectivity index (χ3v) is 4.54. The van der Waals surface area contributed by atoms with Gasteiger partial charge in [0.25, 0.3) is 5.89 Å². The molecular formula is C21H20F3N5O2. The summed E-state index contributed by atoms with van der Waals surface area (Å²) < 4.78 is 52.9. The number of benzene rings is 2. The number of halogens is 3. The van der Waals surface area contributed by atoms with Gasteiger partial charge in [0.1, 0.15) is 11.3 Å². The number of nitrogens with zero attached hydrogens (tertiary/aromatic N) is 5. The maximum atomic E-state index is 13.5. The van der Waals surface area contributed by atoms with E-state index in [2.05, 4.69) is 20.5 Å². The van der Waals surface area contributed by atoms with E-state index in [1.807, 2.05) is 19.9 Å². The van der Waals surface area contributed by atoms with Gasteiger partial charge in [0, 0.05) is 17.2 Å². The summed E-state index contributed by atoms with van der Waals surface area (Å²) in [5, 5.41) is 12.1. The zero-order valence-electron chi connectivity index (χ0n) is 17.3.